The van der Waals surface area contributed by atoms with Gasteiger partial charge in [0.25, 0.3) is 5.91 Å². The molecular formula is C18H32N4O2. The van der Waals surface area contributed by atoms with Crippen molar-refractivity contribution in [2.45, 2.75) is 59.7 Å². The molecule has 1 fully saturated rings. The van der Waals surface area contributed by atoms with Crippen LogP contribution in [0.15, 0.2) is 6.20 Å². The van der Waals surface area contributed by atoms with Gasteiger partial charge in [-0.3, -0.25) is 14.4 Å². The Morgan fingerprint density at radius 1 is 1.33 bits per heavy atom. The highest BCUT2D eigenvalue weighted by molar-refractivity contribution is 5.95. The van der Waals surface area contributed by atoms with E-state index in [0.717, 1.165) is 24.2 Å². The van der Waals surface area contributed by atoms with E-state index in [-0.39, 0.29) is 24.6 Å². The van der Waals surface area contributed by atoms with Crippen LogP contribution in [-0.2, 0) is 13.0 Å². The number of rotatable bonds is 6. The Bertz CT molecular complexity index is 543. The number of hydrogen-bond acceptors (Lipinski definition) is 4. The van der Waals surface area contributed by atoms with Crippen molar-refractivity contribution in [3.05, 3.63) is 17.5 Å². The number of amides is 1. The van der Waals surface area contributed by atoms with Crippen molar-refractivity contribution in [2.24, 2.45) is 5.92 Å². The van der Waals surface area contributed by atoms with Crippen LogP contribution in [0, 0.1) is 5.92 Å². The fourth-order valence-electron chi connectivity index (χ4n) is 3.71. The monoisotopic (exact) mass is 336 g/mol. The van der Waals surface area contributed by atoms with Crippen molar-refractivity contribution in [1.29, 1.82) is 0 Å². The quantitative estimate of drug-likeness (QED) is 0.858. The fourth-order valence-corrected chi connectivity index (χ4v) is 3.71. The van der Waals surface area contributed by atoms with Gasteiger partial charge in [-0.25, -0.2) is 0 Å². The van der Waals surface area contributed by atoms with Gasteiger partial charge in [-0.2, -0.15) is 5.10 Å². The molecule has 1 aromatic rings. The van der Waals surface area contributed by atoms with Gasteiger partial charge >= 0.3 is 0 Å². The molecule has 6 heteroatoms. The molecule has 0 bridgehead atoms. The summed E-state index contributed by atoms with van der Waals surface area (Å²) >= 11 is 0. The SMILES string of the molecule is CCc1c(C(=O)N2C[C@@H](C)N(CCO)[C@@H](C)C2)cnn1CC(C)C. The Morgan fingerprint density at radius 2 is 1.96 bits per heavy atom. The minimum absolute atomic E-state index is 0.0872. The Morgan fingerprint density at radius 3 is 2.46 bits per heavy atom. The molecule has 1 N–H and O–H groups in total. The lowest BCUT2D eigenvalue weighted by atomic mass is 10.1. The molecule has 2 rings (SSSR count). The fraction of sp³-hybridized carbons (Fsp3) is 0.778. The average Bonchev–Trinajstić information content (AvgIpc) is 2.91. The van der Waals surface area contributed by atoms with E-state index in [4.69, 9.17) is 0 Å². The summed E-state index contributed by atoms with van der Waals surface area (Å²) in [5.74, 6) is 0.587. The molecular weight excluding hydrogens is 304 g/mol. The lowest BCUT2D eigenvalue weighted by molar-refractivity contribution is 0.0236. The Hall–Kier alpha value is -1.40. The Balaban J connectivity index is 2.16. The third-order valence-electron chi connectivity index (χ3n) is 4.80. The summed E-state index contributed by atoms with van der Waals surface area (Å²) in [5.41, 5.74) is 1.78. The number of carbonyl (C=O) groups is 1. The summed E-state index contributed by atoms with van der Waals surface area (Å²) < 4.78 is 1.98. The molecule has 1 aromatic heterocycles. The first kappa shape index (κ1) is 18.9. The van der Waals surface area contributed by atoms with Gasteiger partial charge in [0, 0.05) is 38.3 Å². The van der Waals surface area contributed by atoms with Crippen LogP contribution in [0.5, 0.6) is 0 Å². The summed E-state index contributed by atoms with van der Waals surface area (Å²) in [5, 5.41) is 13.7. The van der Waals surface area contributed by atoms with Crippen molar-refractivity contribution in [3.8, 4) is 0 Å². The second-order valence-corrected chi connectivity index (χ2v) is 7.30. The number of carbonyl (C=O) groups excluding carboxylic acids is 1. The molecule has 0 spiro atoms. The molecule has 1 aliphatic heterocycles. The Labute approximate surface area is 145 Å². The molecule has 6 nitrogen and oxygen atoms in total. The van der Waals surface area contributed by atoms with Crippen molar-refractivity contribution in [3.63, 3.8) is 0 Å². The predicted molar refractivity (Wildman–Crippen MR) is 95.1 cm³/mol. The summed E-state index contributed by atoms with van der Waals surface area (Å²) in [6.07, 6.45) is 2.54. The molecule has 0 saturated carbocycles. The van der Waals surface area contributed by atoms with E-state index in [1.54, 1.807) is 6.20 Å². The molecule has 0 aromatic carbocycles. The third-order valence-corrected chi connectivity index (χ3v) is 4.80. The van der Waals surface area contributed by atoms with E-state index in [1.807, 2.05) is 9.58 Å². The molecule has 1 saturated heterocycles. The number of aliphatic hydroxyl groups is 1. The number of nitrogens with zero attached hydrogens (tertiary/aromatic N) is 4. The van der Waals surface area contributed by atoms with Gasteiger partial charge in [0.2, 0.25) is 0 Å². The highest BCUT2D eigenvalue weighted by Crippen LogP contribution is 2.20. The minimum Gasteiger partial charge on any atom is -0.395 e. The van der Waals surface area contributed by atoms with Crippen LogP contribution in [0.25, 0.3) is 0 Å². The van der Waals surface area contributed by atoms with E-state index < -0.39 is 0 Å². The molecule has 0 radical (unpaired) electrons. The molecule has 0 aliphatic carbocycles. The third kappa shape index (κ3) is 3.98. The highest BCUT2D eigenvalue weighted by atomic mass is 16.3. The number of aliphatic hydroxyl groups excluding tert-OH is 1. The minimum atomic E-state index is 0.0872. The number of hydrogen-bond donors (Lipinski definition) is 1. The molecule has 24 heavy (non-hydrogen) atoms. The van der Waals surface area contributed by atoms with Gasteiger partial charge in [0.1, 0.15) is 0 Å². The van der Waals surface area contributed by atoms with Gasteiger partial charge in [-0.1, -0.05) is 20.8 Å². The van der Waals surface area contributed by atoms with Crippen molar-refractivity contribution >= 4 is 5.91 Å². The first-order chi connectivity index (χ1) is 11.4. The largest absolute Gasteiger partial charge is 0.395 e. The van der Waals surface area contributed by atoms with Crippen molar-refractivity contribution in [1.82, 2.24) is 19.6 Å². The van der Waals surface area contributed by atoms with Crippen LogP contribution in [0.2, 0.25) is 0 Å². The lowest BCUT2D eigenvalue weighted by Crippen LogP contribution is -2.58. The van der Waals surface area contributed by atoms with Crippen LogP contribution in [0.1, 0.15) is 50.7 Å². The molecule has 1 amide bonds. The topological polar surface area (TPSA) is 61.6 Å². The summed E-state index contributed by atoms with van der Waals surface area (Å²) in [6.45, 7) is 13.7. The van der Waals surface area contributed by atoms with Gasteiger partial charge in [-0.15, -0.1) is 0 Å². The number of β-amino-alcohol motifs (C(OH)–C–C–N with tert-alkyl or cyclic N) is 1. The van der Waals surface area contributed by atoms with E-state index >= 15 is 0 Å². The standard InChI is InChI=1S/C18H32N4O2/c1-6-17-16(9-19-22(17)10-13(2)3)18(24)20-11-14(4)21(7-8-23)15(5)12-20/h9,13-15,23H,6-8,10-12H2,1-5H3/t14-,15+. The van der Waals surface area contributed by atoms with Gasteiger partial charge in [0.15, 0.2) is 0 Å². The summed E-state index contributed by atoms with van der Waals surface area (Å²) in [4.78, 5) is 17.3. The van der Waals surface area contributed by atoms with Crippen molar-refractivity contribution < 1.29 is 9.90 Å². The first-order valence-corrected chi connectivity index (χ1v) is 9.09. The Kier molecular flexibility index (Phi) is 6.40. The average molecular weight is 336 g/mol. The second-order valence-electron chi connectivity index (χ2n) is 7.30. The van der Waals surface area contributed by atoms with Crippen LogP contribution in [-0.4, -0.2) is 68.9 Å². The maximum absolute atomic E-state index is 13.0. The zero-order valence-corrected chi connectivity index (χ0v) is 15.7. The molecule has 2 atom stereocenters. The number of aromatic nitrogens is 2. The van der Waals surface area contributed by atoms with E-state index in [0.29, 0.717) is 25.6 Å². The zero-order chi connectivity index (χ0) is 17.9. The van der Waals surface area contributed by atoms with Gasteiger partial charge < -0.3 is 10.0 Å². The zero-order valence-electron chi connectivity index (χ0n) is 15.7. The van der Waals surface area contributed by atoms with Gasteiger partial charge in [0.05, 0.1) is 24.1 Å². The van der Waals surface area contributed by atoms with Crippen molar-refractivity contribution in [2.75, 3.05) is 26.2 Å². The van der Waals surface area contributed by atoms with Crippen LogP contribution in [0.3, 0.4) is 0 Å². The van der Waals surface area contributed by atoms with Crippen LogP contribution >= 0.6 is 0 Å². The smallest absolute Gasteiger partial charge is 0.257 e. The highest BCUT2D eigenvalue weighted by Gasteiger charge is 2.33. The second kappa shape index (κ2) is 8.12. The van der Waals surface area contributed by atoms with E-state index in [2.05, 4.69) is 44.6 Å². The normalized spacial score (nSPS) is 22.4. The van der Waals surface area contributed by atoms with Gasteiger partial charge in [-0.05, 0) is 26.2 Å². The van der Waals surface area contributed by atoms with E-state index in [1.165, 1.54) is 0 Å². The lowest BCUT2D eigenvalue weighted by Gasteiger charge is -2.44. The van der Waals surface area contributed by atoms with Crippen LogP contribution < -0.4 is 0 Å². The predicted octanol–water partition coefficient (Wildman–Crippen LogP) is 1.63. The number of piperazine rings is 1. The summed E-state index contributed by atoms with van der Waals surface area (Å²) in [7, 11) is 0. The summed E-state index contributed by atoms with van der Waals surface area (Å²) in [6, 6.07) is 0.501. The maximum atomic E-state index is 13.0. The van der Waals surface area contributed by atoms with Crippen LogP contribution in [0.4, 0.5) is 0 Å². The molecule has 2 heterocycles. The van der Waals surface area contributed by atoms with E-state index in [9.17, 15) is 9.90 Å². The molecule has 1 aliphatic rings. The molecule has 136 valence electrons. The molecule has 0 unspecified atom stereocenters. The maximum Gasteiger partial charge on any atom is 0.257 e. The first-order valence-electron chi connectivity index (χ1n) is 9.09.